The molecule has 1 unspecified atom stereocenters. The van der Waals surface area contributed by atoms with E-state index in [1.807, 2.05) is 56.3 Å². The number of hydrogen-bond donors (Lipinski definition) is 3. The van der Waals surface area contributed by atoms with Gasteiger partial charge < -0.3 is 20.5 Å². The first-order valence-electron chi connectivity index (χ1n) is 13.7. The topological polar surface area (TPSA) is 94.3 Å². The Labute approximate surface area is 231 Å². The van der Waals surface area contributed by atoms with Crippen molar-refractivity contribution in [3.63, 3.8) is 0 Å². The summed E-state index contributed by atoms with van der Waals surface area (Å²) in [5.74, 6) is -1.07. The van der Waals surface area contributed by atoms with Crippen LogP contribution in [0, 0.1) is 11.7 Å². The van der Waals surface area contributed by atoms with E-state index < -0.39 is 18.1 Å². The summed E-state index contributed by atoms with van der Waals surface area (Å²) in [6, 6.07) is 19.4. The van der Waals surface area contributed by atoms with Gasteiger partial charge in [0.1, 0.15) is 17.9 Å². The van der Waals surface area contributed by atoms with Gasteiger partial charge in [0.2, 0.25) is 11.8 Å². The van der Waals surface area contributed by atoms with Gasteiger partial charge in [-0.2, -0.15) is 0 Å². The van der Waals surface area contributed by atoms with Crippen LogP contribution in [0.1, 0.15) is 59.1 Å². The van der Waals surface area contributed by atoms with Gasteiger partial charge in [-0.3, -0.25) is 14.4 Å². The van der Waals surface area contributed by atoms with E-state index >= 15 is 0 Å². The van der Waals surface area contributed by atoms with E-state index in [1.165, 1.54) is 12.1 Å². The molecule has 3 amide bonds. The number of amides is 3. The fourth-order valence-electron chi connectivity index (χ4n) is 6.02. The average molecular weight is 539 g/mol. The fraction of sp³-hybridized carbons (Fsp3) is 0.281. The fourth-order valence-corrected chi connectivity index (χ4v) is 6.02. The number of aromatic nitrogens is 1. The maximum atomic E-state index is 14.0. The molecule has 40 heavy (non-hydrogen) atoms. The molecule has 0 radical (unpaired) electrons. The quantitative estimate of drug-likeness (QED) is 0.320. The lowest BCUT2D eigenvalue weighted by atomic mass is 9.89. The van der Waals surface area contributed by atoms with Crippen LogP contribution >= 0.6 is 0 Å². The van der Waals surface area contributed by atoms with E-state index in [9.17, 15) is 18.8 Å². The van der Waals surface area contributed by atoms with Crippen LogP contribution in [-0.2, 0) is 22.6 Å². The minimum atomic E-state index is -0.782. The summed E-state index contributed by atoms with van der Waals surface area (Å²) in [5, 5.41) is 6.88. The zero-order valence-corrected chi connectivity index (χ0v) is 22.4. The molecule has 204 valence electrons. The lowest BCUT2D eigenvalue weighted by molar-refractivity contribution is -0.132. The molecule has 0 aliphatic carbocycles. The lowest BCUT2D eigenvalue weighted by Crippen LogP contribution is -2.56. The highest BCUT2D eigenvalue weighted by molar-refractivity contribution is 6.04. The largest absolute Gasteiger partial charge is 0.356 e. The van der Waals surface area contributed by atoms with Crippen molar-refractivity contribution in [1.82, 2.24) is 20.5 Å². The molecule has 3 heterocycles. The molecule has 3 N–H and O–H groups in total. The predicted octanol–water partition coefficient (Wildman–Crippen LogP) is 4.62. The summed E-state index contributed by atoms with van der Waals surface area (Å²) in [6.07, 6.45) is 0.774. The molecule has 0 saturated heterocycles. The summed E-state index contributed by atoms with van der Waals surface area (Å²) in [6.45, 7) is 4.19. The van der Waals surface area contributed by atoms with Crippen LogP contribution in [0.25, 0.3) is 10.9 Å². The SMILES string of the molecule is CC(C)C[C@H](NC(=O)[C@@H]1Cc2c([nH]c3ccccc23)C2c3ccccc3C(=O)N21)C(=O)NCc1ccc(F)cc1. The molecule has 3 atom stereocenters. The molecular formula is C32H31FN4O3. The number of nitrogens with zero attached hydrogens (tertiary/aromatic N) is 1. The molecule has 1 aromatic heterocycles. The summed E-state index contributed by atoms with van der Waals surface area (Å²) < 4.78 is 13.3. The summed E-state index contributed by atoms with van der Waals surface area (Å²) in [5.41, 5.74) is 5.12. The number of halogens is 1. The standard InChI is InChI=1S/C32H31FN4O3/c1-18(2)15-26(30(38)34-17-19-11-13-20(33)14-12-19)36-31(39)27-16-24-21-7-5-6-10-25(21)35-28(24)29-22-8-3-4-9-23(22)32(40)37(27)29/h3-14,18,26-27,29,35H,15-17H2,1-2H3,(H,34,38)(H,36,39)/t26-,27-,29?/m0/s1. The summed E-state index contributed by atoms with van der Waals surface area (Å²) >= 11 is 0. The molecule has 0 bridgehead atoms. The Bertz CT molecular complexity index is 1610. The minimum Gasteiger partial charge on any atom is -0.356 e. The van der Waals surface area contributed by atoms with Crippen molar-refractivity contribution in [2.45, 2.75) is 51.4 Å². The van der Waals surface area contributed by atoms with Gasteiger partial charge in [-0.25, -0.2) is 4.39 Å². The van der Waals surface area contributed by atoms with Crippen LogP contribution in [0.3, 0.4) is 0 Å². The van der Waals surface area contributed by atoms with Gasteiger partial charge >= 0.3 is 0 Å². The highest BCUT2D eigenvalue weighted by Crippen LogP contribution is 2.46. The van der Waals surface area contributed by atoms with Crippen LogP contribution < -0.4 is 10.6 Å². The van der Waals surface area contributed by atoms with Crippen molar-refractivity contribution < 1.29 is 18.8 Å². The minimum absolute atomic E-state index is 0.138. The van der Waals surface area contributed by atoms with Gasteiger partial charge in [0.25, 0.3) is 5.91 Å². The molecule has 2 aliphatic rings. The Kier molecular flexibility index (Phi) is 6.62. The number of carbonyl (C=O) groups is 3. The van der Waals surface area contributed by atoms with E-state index in [0.717, 1.165) is 33.3 Å². The number of para-hydroxylation sites is 1. The summed E-state index contributed by atoms with van der Waals surface area (Å²) in [4.78, 5) is 46.1. The Balaban J connectivity index is 1.30. The van der Waals surface area contributed by atoms with Crippen LogP contribution in [-0.4, -0.2) is 39.7 Å². The number of H-pyrrole nitrogens is 1. The van der Waals surface area contributed by atoms with Crippen molar-refractivity contribution in [3.8, 4) is 0 Å². The molecule has 8 heteroatoms. The Hall–Kier alpha value is -4.46. The van der Waals surface area contributed by atoms with Gasteiger partial charge in [-0.1, -0.05) is 62.4 Å². The highest BCUT2D eigenvalue weighted by atomic mass is 19.1. The first-order valence-corrected chi connectivity index (χ1v) is 13.7. The third-order valence-electron chi connectivity index (χ3n) is 7.87. The van der Waals surface area contributed by atoms with Crippen molar-refractivity contribution in [3.05, 3.63) is 107 Å². The van der Waals surface area contributed by atoms with Gasteiger partial charge in [-0.15, -0.1) is 0 Å². The lowest BCUT2D eigenvalue weighted by Gasteiger charge is -2.37. The molecule has 0 spiro atoms. The van der Waals surface area contributed by atoms with Gasteiger partial charge in [-0.05, 0) is 53.3 Å². The molecule has 7 nitrogen and oxygen atoms in total. The average Bonchev–Trinajstić information content (AvgIpc) is 3.47. The zero-order valence-electron chi connectivity index (χ0n) is 22.4. The smallest absolute Gasteiger partial charge is 0.255 e. The van der Waals surface area contributed by atoms with Gasteiger partial charge in [0.15, 0.2) is 0 Å². The molecule has 3 aromatic carbocycles. The maximum absolute atomic E-state index is 14.0. The third kappa shape index (κ3) is 4.53. The molecule has 2 aliphatic heterocycles. The van der Waals surface area contributed by atoms with E-state index in [2.05, 4.69) is 15.6 Å². The second-order valence-electron chi connectivity index (χ2n) is 11.0. The van der Waals surface area contributed by atoms with Crippen LogP contribution in [0.2, 0.25) is 0 Å². The zero-order chi connectivity index (χ0) is 28.0. The number of fused-ring (bicyclic) bond motifs is 7. The normalized spacial score (nSPS) is 18.3. The van der Waals surface area contributed by atoms with E-state index in [1.54, 1.807) is 23.1 Å². The van der Waals surface area contributed by atoms with E-state index in [4.69, 9.17) is 0 Å². The Morgan fingerprint density at radius 1 is 1.02 bits per heavy atom. The summed E-state index contributed by atoms with van der Waals surface area (Å²) in [7, 11) is 0. The second-order valence-corrected chi connectivity index (χ2v) is 11.0. The van der Waals surface area contributed by atoms with Crippen molar-refractivity contribution in [1.29, 1.82) is 0 Å². The Morgan fingerprint density at radius 3 is 2.52 bits per heavy atom. The monoisotopic (exact) mass is 538 g/mol. The van der Waals surface area contributed by atoms with Crippen LogP contribution in [0.15, 0.2) is 72.8 Å². The predicted molar refractivity (Wildman–Crippen MR) is 150 cm³/mol. The van der Waals surface area contributed by atoms with Gasteiger partial charge in [0, 0.05) is 35.1 Å². The molecular weight excluding hydrogens is 507 g/mol. The van der Waals surface area contributed by atoms with E-state index in [-0.39, 0.29) is 36.0 Å². The number of benzene rings is 3. The van der Waals surface area contributed by atoms with Gasteiger partial charge in [0.05, 0.1) is 6.04 Å². The third-order valence-corrected chi connectivity index (χ3v) is 7.87. The van der Waals surface area contributed by atoms with Crippen molar-refractivity contribution in [2.24, 2.45) is 5.92 Å². The number of aromatic amines is 1. The van der Waals surface area contributed by atoms with Crippen molar-refractivity contribution >= 4 is 28.6 Å². The Morgan fingerprint density at radius 2 is 1.75 bits per heavy atom. The molecule has 0 saturated carbocycles. The first kappa shape index (κ1) is 25.8. The highest BCUT2D eigenvalue weighted by Gasteiger charge is 2.49. The van der Waals surface area contributed by atoms with E-state index in [0.29, 0.717) is 18.4 Å². The number of nitrogens with one attached hydrogen (secondary N) is 3. The molecule has 4 aromatic rings. The van der Waals surface area contributed by atoms with Crippen LogP contribution in [0.4, 0.5) is 4.39 Å². The number of carbonyl (C=O) groups excluding carboxylic acids is 3. The number of hydrogen-bond acceptors (Lipinski definition) is 3. The van der Waals surface area contributed by atoms with Crippen LogP contribution in [0.5, 0.6) is 0 Å². The maximum Gasteiger partial charge on any atom is 0.255 e. The first-order chi connectivity index (χ1) is 19.3. The number of rotatable bonds is 7. The van der Waals surface area contributed by atoms with Crippen molar-refractivity contribution in [2.75, 3.05) is 0 Å². The second kappa shape index (κ2) is 10.3. The molecule has 6 rings (SSSR count). The molecule has 0 fully saturated rings.